The van der Waals surface area contributed by atoms with Gasteiger partial charge in [-0.3, -0.25) is 0 Å². The van der Waals surface area contributed by atoms with Gasteiger partial charge in [0.05, 0.1) is 22.0 Å². The highest BCUT2D eigenvalue weighted by Crippen LogP contribution is 2.38. The highest BCUT2D eigenvalue weighted by Gasteiger charge is 2.38. The second kappa shape index (κ2) is 5.46. The first-order valence-corrected chi connectivity index (χ1v) is 9.05. The number of sulfone groups is 1. The van der Waals surface area contributed by atoms with Gasteiger partial charge in [-0.25, -0.2) is 8.42 Å². The summed E-state index contributed by atoms with van der Waals surface area (Å²) in [7, 11) is -3.17. The van der Waals surface area contributed by atoms with E-state index in [0.717, 1.165) is 12.8 Å². The number of nitrogens with zero attached hydrogens (tertiary/aromatic N) is 1. The fraction of sp³-hybridized carbons (Fsp3) is 0.588. The summed E-state index contributed by atoms with van der Waals surface area (Å²) in [5, 5.41) is 9.62. The Morgan fingerprint density at radius 2 is 1.86 bits per heavy atom. The van der Waals surface area contributed by atoms with Gasteiger partial charge in [0.25, 0.3) is 0 Å². The molecule has 114 valence electrons. The normalized spacial score (nSPS) is 22.4. The van der Waals surface area contributed by atoms with Gasteiger partial charge < -0.3 is 0 Å². The van der Waals surface area contributed by atoms with Gasteiger partial charge in [-0.15, -0.1) is 0 Å². The van der Waals surface area contributed by atoms with E-state index in [0.29, 0.717) is 12.8 Å². The zero-order chi connectivity index (χ0) is 15.7. The van der Waals surface area contributed by atoms with Crippen LogP contribution in [0.5, 0.6) is 0 Å². The third-order valence-electron chi connectivity index (χ3n) is 4.54. The van der Waals surface area contributed by atoms with Crippen LogP contribution in [0.15, 0.2) is 24.3 Å². The molecule has 1 aromatic carbocycles. The topological polar surface area (TPSA) is 57.9 Å². The van der Waals surface area contributed by atoms with E-state index in [1.807, 2.05) is 12.1 Å². The summed E-state index contributed by atoms with van der Waals surface area (Å²) in [5.74, 6) is 0.0895. The van der Waals surface area contributed by atoms with Crippen molar-refractivity contribution in [3.05, 3.63) is 35.4 Å². The third-order valence-corrected chi connectivity index (χ3v) is 7.15. The van der Waals surface area contributed by atoms with Crippen molar-refractivity contribution in [3.8, 4) is 6.07 Å². The monoisotopic (exact) mass is 305 g/mol. The van der Waals surface area contributed by atoms with Gasteiger partial charge in [0.2, 0.25) is 0 Å². The molecule has 0 radical (unpaired) electrons. The Kier molecular flexibility index (Phi) is 4.17. The Balaban J connectivity index is 2.17. The predicted molar refractivity (Wildman–Crippen MR) is 84.7 cm³/mol. The van der Waals surface area contributed by atoms with Gasteiger partial charge in [-0.1, -0.05) is 24.3 Å². The van der Waals surface area contributed by atoms with Crippen molar-refractivity contribution in [2.75, 3.05) is 5.75 Å². The van der Waals surface area contributed by atoms with E-state index >= 15 is 0 Å². The van der Waals surface area contributed by atoms with Crippen molar-refractivity contribution in [3.63, 3.8) is 0 Å². The molecule has 0 fully saturated rings. The third kappa shape index (κ3) is 3.29. The summed E-state index contributed by atoms with van der Waals surface area (Å²) < 4.78 is 23.8. The molecule has 4 heteroatoms. The van der Waals surface area contributed by atoms with Crippen molar-refractivity contribution in [2.45, 2.75) is 51.2 Å². The first-order chi connectivity index (χ1) is 9.69. The zero-order valence-electron chi connectivity index (χ0n) is 13.0. The summed E-state index contributed by atoms with van der Waals surface area (Å²) in [6.45, 7) is 5.16. The molecule has 21 heavy (non-hydrogen) atoms. The molecular formula is C17H23NO2S. The molecule has 0 amide bonds. The van der Waals surface area contributed by atoms with Gasteiger partial charge in [0, 0.05) is 0 Å². The summed E-state index contributed by atoms with van der Waals surface area (Å²) in [5.41, 5.74) is 1.95. The lowest BCUT2D eigenvalue weighted by Gasteiger charge is -2.33. The van der Waals surface area contributed by atoms with Crippen LogP contribution in [-0.2, 0) is 22.7 Å². The Morgan fingerprint density at radius 1 is 1.24 bits per heavy atom. The van der Waals surface area contributed by atoms with Crippen LogP contribution in [0.4, 0.5) is 0 Å². The Morgan fingerprint density at radius 3 is 2.43 bits per heavy atom. The molecule has 0 spiro atoms. The number of benzene rings is 1. The molecule has 0 heterocycles. The Hall–Kier alpha value is -1.34. The molecule has 1 aromatic rings. The number of rotatable bonds is 3. The molecule has 1 atom stereocenters. The summed E-state index contributed by atoms with van der Waals surface area (Å²) in [6, 6.07) is 10.6. The minimum atomic E-state index is -3.17. The van der Waals surface area contributed by atoms with Gasteiger partial charge in [0.15, 0.2) is 9.84 Å². The van der Waals surface area contributed by atoms with Crippen LogP contribution >= 0.6 is 0 Å². The molecule has 1 aliphatic rings. The van der Waals surface area contributed by atoms with Gasteiger partial charge >= 0.3 is 0 Å². The van der Waals surface area contributed by atoms with E-state index in [2.05, 4.69) is 18.2 Å². The van der Waals surface area contributed by atoms with Crippen molar-refractivity contribution >= 4 is 9.84 Å². The number of nitriles is 1. The molecule has 1 aliphatic carbocycles. The lowest BCUT2D eigenvalue weighted by atomic mass is 9.71. The molecule has 1 unspecified atom stereocenters. The molecule has 0 aliphatic heterocycles. The Bertz CT molecular complexity index is 665. The van der Waals surface area contributed by atoms with Crippen LogP contribution in [0, 0.1) is 16.7 Å². The van der Waals surface area contributed by atoms with Crippen molar-refractivity contribution in [1.29, 1.82) is 5.26 Å². The van der Waals surface area contributed by atoms with Gasteiger partial charge in [0.1, 0.15) is 0 Å². The van der Waals surface area contributed by atoms with Gasteiger partial charge in [-0.05, 0) is 57.6 Å². The zero-order valence-corrected chi connectivity index (χ0v) is 13.8. The van der Waals surface area contributed by atoms with E-state index in [9.17, 15) is 13.7 Å². The second-order valence-electron chi connectivity index (χ2n) is 7.02. The van der Waals surface area contributed by atoms with Crippen LogP contribution in [-0.4, -0.2) is 18.9 Å². The largest absolute Gasteiger partial charge is 0.228 e. The average molecular weight is 305 g/mol. The van der Waals surface area contributed by atoms with Crippen LogP contribution in [0.2, 0.25) is 0 Å². The summed E-state index contributed by atoms with van der Waals surface area (Å²) in [4.78, 5) is 0. The quantitative estimate of drug-likeness (QED) is 0.861. The first-order valence-electron chi connectivity index (χ1n) is 7.39. The minimum absolute atomic E-state index is 0.0895. The molecule has 0 bridgehead atoms. The predicted octanol–water partition coefficient (Wildman–Crippen LogP) is 3.29. The SMILES string of the molecule is CC(C)(C)S(=O)(=O)CCC1(C#N)CCc2ccccc2C1. The number of hydrogen-bond donors (Lipinski definition) is 0. The first kappa shape index (κ1) is 16.0. The molecule has 2 rings (SSSR count). The van der Waals surface area contributed by atoms with Crippen LogP contribution in [0.3, 0.4) is 0 Å². The summed E-state index contributed by atoms with van der Waals surface area (Å²) in [6.07, 6.45) is 2.70. The van der Waals surface area contributed by atoms with E-state index in [4.69, 9.17) is 0 Å². The maximum absolute atomic E-state index is 12.3. The van der Waals surface area contributed by atoms with Crippen LogP contribution < -0.4 is 0 Å². The van der Waals surface area contributed by atoms with Crippen molar-refractivity contribution < 1.29 is 8.42 Å². The van der Waals surface area contributed by atoms with E-state index < -0.39 is 20.0 Å². The highest BCUT2D eigenvalue weighted by molar-refractivity contribution is 7.92. The minimum Gasteiger partial charge on any atom is -0.228 e. The van der Waals surface area contributed by atoms with E-state index in [1.165, 1.54) is 11.1 Å². The molecule has 3 nitrogen and oxygen atoms in total. The van der Waals surface area contributed by atoms with E-state index in [-0.39, 0.29) is 5.75 Å². The molecule has 0 aromatic heterocycles. The fourth-order valence-electron chi connectivity index (χ4n) is 2.80. The summed E-state index contributed by atoms with van der Waals surface area (Å²) >= 11 is 0. The second-order valence-corrected chi connectivity index (χ2v) is 9.88. The Labute approximate surface area is 127 Å². The average Bonchev–Trinajstić information content (AvgIpc) is 2.44. The molecule has 0 saturated heterocycles. The highest BCUT2D eigenvalue weighted by atomic mass is 32.2. The maximum Gasteiger partial charge on any atom is 0.155 e. The molecule has 0 N–H and O–H groups in total. The lowest BCUT2D eigenvalue weighted by Crippen LogP contribution is -2.35. The van der Waals surface area contributed by atoms with Crippen LogP contribution in [0.25, 0.3) is 0 Å². The van der Waals surface area contributed by atoms with Crippen LogP contribution in [0.1, 0.15) is 44.7 Å². The maximum atomic E-state index is 12.3. The number of aryl methyl sites for hydroxylation is 1. The standard InChI is InChI=1S/C17H23NO2S/c1-16(2,3)21(19,20)11-10-17(13-18)9-8-14-6-4-5-7-15(14)12-17/h4-7H,8-12H2,1-3H3. The number of hydrogen-bond acceptors (Lipinski definition) is 3. The fourth-order valence-corrected chi connectivity index (χ4v) is 4.07. The van der Waals surface area contributed by atoms with Crippen molar-refractivity contribution in [2.24, 2.45) is 5.41 Å². The molecule has 0 saturated carbocycles. The smallest absolute Gasteiger partial charge is 0.155 e. The number of fused-ring (bicyclic) bond motifs is 1. The lowest BCUT2D eigenvalue weighted by molar-refractivity contribution is 0.329. The van der Waals surface area contributed by atoms with Gasteiger partial charge in [-0.2, -0.15) is 5.26 Å². The van der Waals surface area contributed by atoms with Crippen molar-refractivity contribution in [1.82, 2.24) is 0 Å². The molecular weight excluding hydrogens is 282 g/mol. The van der Waals surface area contributed by atoms with E-state index in [1.54, 1.807) is 20.8 Å².